The molecule has 0 aliphatic heterocycles. The van der Waals surface area contributed by atoms with E-state index in [1.165, 1.54) is 38.6 Å². The minimum Gasteiger partial charge on any atom is -0.314 e. The molecular weight excluding hydrogens is 158 g/mol. The van der Waals surface area contributed by atoms with E-state index in [2.05, 4.69) is 26.1 Å². The lowest BCUT2D eigenvalue weighted by atomic mass is 9.88. The first-order valence-corrected chi connectivity index (χ1v) is 6.03. The van der Waals surface area contributed by atoms with Crippen molar-refractivity contribution in [2.45, 2.75) is 58.9 Å². The predicted molar refractivity (Wildman–Crippen MR) is 58.9 cm³/mol. The van der Waals surface area contributed by atoms with Gasteiger partial charge in [0, 0.05) is 6.04 Å². The Bertz CT molecular complexity index is 133. The highest BCUT2D eigenvalue weighted by atomic mass is 14.9. The minimum absolute atomic E-state index is 0.743. The van der Waals surface area contributed by atoms with Crippen molar-refractivity contribution >= 4 is 0 Å². The molecule has 0 amide bonds. The van der Waals surface area contributed by atoms with Crippen molar-refractivity contribution < 1.29 is 0 Å². The quantitative estimate of drug-likeness (QED) is 0.690. The molecule has 78 valence electrons. The van der Waals surface area contributed by atoms with E-state index in [1.807, 2.05) is 0 Å². The summed E-state index contributed by atoms with van der Waals surface area (Å²) >= 11 is 0. The zero-order valence-corrected chi connectivity index (χ0v) is 9.47. The highest BCUT2D eigenvalue weighted by Crippen LogP contribution is 2.35. The molecule has 1 fully saturated rings. The average Bonchev–Trinajstić information content (AvgIpc) is 2.61. The first kappa shape index (κ1) is 11.0. The molecule has 0 heterocycles. The summed E-state index contributed by atoms with van der Waals surface area (Å²) in [5.41, 5.74) is 0. The molecule has 13 heavy (non-hydrogen) atoms. The molecule has 1 saturated carbocycles. The van der Waals surface area contributed by atoms with Crippen LogP contribution in [0.15, 0.2) is 0 Å². The van der Waals surface area contributed by atoms with E-state index >= 15 is 0 Å². The van der Waals surface area contributed by atoms with Gasteiger partial charge in [0.05, 0.1) is 0 Å². The minimum atomic E-state index is 0.743. The summed E-state index contributed by atoms with van der Waals surface area (Å²) in [5, 5.41) is 3.64. The van der Waals surface area contributed by atoms with Crippen LogP contribution in [0.1, 0.15) is 52.9 Å². The first-order valence-electron chi connectivity index (χ1n) is 6.03. The molecule has 0 spiro atoms. The van der Waals surface area contributed by atoms with Gasteiger partial charge in [-0.15, -0.1) is 0 Å². The van der Waals surface area contributed by atoms with Crippen molar-refractivity contribution in [1.29, 1.82) is 0 Å². The normalized spacial score (nSPS) is 30.7. The fourth-order valence-corrected chi connectivity index (χ4v) is 2.75. The molecule has 0 aromatic rings. The number of hydrogen-bond acceptors (Lipinski definition) is 1. The summed E-state index contributed by atoms with van der Waals surface area (Å²) in [6, 6.07) is 0.743. The Balaban J connectivity index is 2.31. The smallest absolute Gasteiger partial charge is 0.00696 e. The third-order valence-corrected chi connectivity index (χ3v) is 3.60. The predicted octanol–water partition coefficient (Wildman–Crippen LogP) is 3.20. The summed E-state index contributed by atoms with van der Waals surface area (Å²) in [6.45, 7) is 8.14. The Hall–Kier alpha value is -0.0400. The molecule has 1 aliphatic rings. The van der Waals surface area contributed by atoms with Crippen molar-refractivity contribution in [3.05, 3.63) is 0 Å². The van der Waals surface area contributed by atoms with E-state index in [0.717, 1.165) is 17.9 Å². The lowest BCUT2D eigenvalue weighted by molar-refractivity contribution is 0.291. The van der Waals surface area contributed by atoms with Gasteiger partial charge in [-0.2, -0.15) is 0 Å². The lowest BCUT2D eigenvalue weighted by Gasteiger charge is -2.25. The topological polar surface area (TPSA) is 12.0 Å². The summed E-state index contributed by atoms with van der Waals surface area (Å²) < 4.78 is 0. The molecule has 3 atom stereocenters. The van der Waals surface area contributed by atoms with Gasteiger partial charge in [-0.25, -0.2) is 0 Å². The maximum absolute atomic E-state index is 3.64. The van der Waals surface area contributed by atoms with E-state index in [-0.39, 0.29) is 0 Å². The molecule has 1 heteroatoms. The Morgan fingerprint density at radius 2 is 2.08 bits per heavy atom. The Morgan fingerprint density at radius 3 is 2.69 bits per heavy atom. The number of hydrogen-bond donors (Lipinski definition) is 1. The summed E-state index contributed by atoms with van der Waals surface area (Å²) in [6.07, 6.45) is 7.02. The van der Waals surface area contributed by atoms with Crippen LogP contribution in [0, 0.1) is 11.8 Å². The zero-order valence-electron chi connectivity index (χ0n) is 9.47. The fourth-order valence-electron chi connectivity index (χ4n) is 2.75. The van der Waals surface area contributed by atoms with E-state index in [4.69, 9.17) is 0 Å². The van der Waals surface area contributed by atoms with Gasteiger partial charge in [-0.05, 0) is 38.1 Å². The second-order valence-corrected chi connectivity index (χ2v) is 4.51. The van der Waals surface area contributed by atoms with Crippen LogP contribution in [-0.4, -0.2) is 12.6 Å². The second-order valence-electron chi connectivity index (χ2n) is 4.51. The van der Waals surface area contributed by atoms with Crippen LogP contribution in [0.25, 0.3) is 0 Å². The standard InChI is InChI=1S/C12H25N/c1-4-9-13-10(3)12-8-6-7-11(12)5-2/h10-13H,4-9H2,1-3H3. The van der Waals surface area contributed by atoms with Gasteiger partial charge in [0.15, 0.2) is 0 Å². The van der Waals surface area contributed by atoms with Crippen LogP contribution < -0.4 is 5.32 Å². The fraction of sp³-hybridized carbons (Fsp3) is 1.00. The Labute approximate surface area is 83.3 Å². The molecule has 1 nitrogen and oxygen atoms in total. The average molecular weight is 183 g/mol. The molecule has 3 unspecified atom stereocenters. The van der Waals surface area contributed by atoms with E-state index in [9.17, 15) is 0 Å². The molecule has 0 radical (unpaired) electrons. The lowest BCUT2D eigenvalue weighted by Crippen LogP contribution is -2.35. The number of nitrogens with one attached hydrogen (secondary N) is 1. The Morgan fingerprint density at radius 1 is 1.31 bits per heavy atom. The van der Waals surface area contributed by atoms with Crippen LogP contribution in [0.3, 0.4) is 0 Å². The van der Waals surface area contributed by atoms with Crippen LogP contribution in [0.5, 0.6) is 0 Å². The summed E-state index contributed by atoms with van der Waals surface area (Å²) in [5.74, 6) is 1.95. The summed E-state index contributed by atoms with van der Waals surface area (Å²) in [4.78, 5) is 0. The second kappa shape index (κ2) is 5.64. The molecule has 0 saturated heterocycles. The van der Waals surface area contributed by atoms with Crippen LogP contribution in [0.4, 0.5) is 0 Å². The molecule has 0 bridgehead atoms. The van der Waals surface area contributed by atoms with E-state index in [0.29, 0.717) is 0 Å². The molecular formula is C12H25N. The largest absolute Gasteiger partial charge is 0.314 e. The third-order valence-electron chi connectivity index (χ3n) is 3.60. The molecule has 1 aliphatic carbocycles. The van der Waals surface area contributed by atoms with Gasteiger partial charge in [0.2, 0.25) is 0 Å². The van der Waals surface area contributed by atoms with Gasteiger partial charge in [-0.1, -0.05) is 33.1 Å². The van der Waals surface area contributed by atoms with Crippen LogP contribution >= 0.6 is 0 Å². The van der Waals surface area contributed by atoms with Gasteiger partial charge >= 0.3 is 0 Å². The van der Waals surface area contributed by atoms with Crippen molar-refractivity contribution in [3.8, 4) is 0 Å². The van der Waals surface area contributed by atoms with Crippen molar-refractivity contribution in [2.75, 3.05) is 6.54 Å². The van der Waals surface area contributed by atoms with Crippen LogP contribution in [0.2, 0.25) is 0 Å². The van der Waals surface area contributed by atoms with Crippen LogP contribution in [-0.2, 0) is 0 Å². The first-order chi connectivity index (χ1) is 6.29. The number of rotatable bonds is 5. The van der Waals surface area contributed by atoms with Gasteiger partial charge in [0.25, 0.3) is 0 Å². The molecule has 1 rings (SSSR count). The molecule has 0 aromatic carbocycles. The van der Waals surface area contributed by atoms with Crippen molar-refractivity contribution in [3.63, 3.8) is 0 Å². The summed E-state index contributed by atoms with van der Waals surface area (Å²) in [7, 11) is 0. The monoisotopic (exact) mass is 183 g/mol. The van der Waals surface area contributed by atoms with E-state index < -0.39 is 0 Å². The van der Waals surface area contributed by atoms with Gasteiger partial charge < -0.3 is 5.32 Å². The van der Waals surface area contributed by atoms with Crippen molar-refractivity contribution in [1.82, 2.24) is 5.32 Å². The third kappa shape index (κ3) is 2.98. The molecule has 0 aromatic heterocycles. The highest BCUT2D eigenvalue weighted by Gasteiger charge is 2.29. The van der Waals surface area contributed by atoms with Gasteiger partial charge in [0.1, 0.15) is 0 Å². The zero-order chi connectivity index (χ0) is 9.68. The SMILES string of the molecule is CCCNC(C)C1CCCC1CC. The maximum atomic E-state index is 3.64. The maximum Gasteiger partial charge on any atom is 0.00696 e. The molecule has 1 N–H and O–H groups in total. The van der Waals surface area contributed by atoms with Gasteiger partial charge in [-0.3, -0.25) is 0 Å². The Kier molecular flexibility index (Phi) is 4.79. The highest BCUT2D eigenvalue weighted by molar-refractivity contribution is 4.83. The van der Waals surface area contributed by atoms with E-state index in [1.54, 1.807) is 0 Å². The van der Waals surface area contributed by atoms with Crippen molar-refractivity contribution in [2.24, 2.45) is 11.8 Å².